The van der Waals surface area contributed by atoms with Crippen LogP contribution in [0.2, 0.25) is 0 Å². The smallest absolute Gasteiger partial charge is 0.228 e. The number of hydrogen-bond donors (Lipinski definition) is 2. The molecular weight excluding hydrogens is 326 g/mol. The molecule has 0 saturated heterocycles. The lowest BCUT2D eigenvalue weighted by Crippen LogP contribution is -2.14. The van der Waals surface area contributed by atoms with Crippen LogP contribution in [-0.2, 0) is 4.79 Å². The van der Waals surface area contributed by atoms with Gasteiger partial charge in [0.15, 0.2) is 0 Å². The third-order valence-corrected chi connectivity index (χ3v) is 4.53. The molecule has 0 atom stereocenters. The molecule has 128 valence electrons. The fourth-order valence-electron chi connectivity index (χ4n) is 2.93. The molecular formula is C20H17N5O. The first-order valence-electron chi connectivity index (χ1n) is 8.47. The zero-order chi connectivity index (χ0) is 18.1. The molecule has 1 amide bonds. The number of hydrogen-bond acceptors (Lipinski definition) is 5. The van der Waals surface area contributed by atoms with E-state index in [1.807, 2.05) is 25.2 Å². The number of pyridine rings is 2. The summed E-state index contributed by atoms with van der Waals surface area (Å²) in [5, 5.41) is 16.8. The fourth-order valence-corrected chi connectivity index (χ4v) is 2.93. The van der Waals surface area contributed by atoms with E-state index < -0.39 is 0 Å². The summed E-state index contributed by atoms with van der Waals surface area (Å²) in [5.41, 5.74) is 2.49. The number of rotatable bonds is 4. The minimum atomic E-state index is 0.0275. The number of anilines is 2. The second-order valence-electron chi connectivity index (χ2n) is 6.34. The van der Waals surface area contributed by atoms with Crippen molar-refractivity contribution < 1.29 is 4.79 Å². The number of carbonyl (C=O) groups is 1. The van der Waals surface area contributed by atoms with Gasteiger partial charge in [-0.25, -0.2) is 9.97 Å². The van der Waals surface area contributed by atoms with Gasteiger partial charge in [-0.05, 0) is 42.0 Å². The van der Waals surface area contributed by atoms with Crippen molar-refractivity contribution in [3.8, 4) is 17.2 Å². The predicted octanol–water partition coefficient (Wildman–Crippen LogP) is 3.56. The van der Waals surface area contributed by atoms with E-state index in [2.05, 4.69) is 26.7 Å². The molecule has 26 heavy (non-hydrogen) atoms. The number of nitrogens with one attached hydrogen (secondary N) is 2. The van der Waals surface area contributed by atoms with Gasteiger partial charge in [0.25, 0.3) is 0 Å². The number of amides is 1. The van der Waals surface area contributed by atoms with Crippen LogP contribution in [0.3, 0.4) is 0 Å². The highest BCUT2D eigenvalue weighted by atomic mass is 16.2. The largest absolute Gasteiger partial charge is 0.373 e. The van der Waals surface area contributed by atoms with E-state index in [1.165, 1.54) is 0 Å². The molecule has 6 nitrogen and oxygen atoms in total. The van der Waals surface area contributed by atoms with Gasteiger partial charge >= 0.3 is 0 Å². The van der Waals surface area contributed by atoms with Crippen molar-refractivity contribution in [3.63, 3.8) is 0 Å². The predicted molar refractivity (Wildman–Crippen MR) is 101 cm³/mol. The van der Waals surface area contributed by atoms with E-state index in [4.69, 9.17) is 5.26 Å². The summed E-state index contributed by atoms with van der Waals surface area (Å²) in [6, 6.07) is 11.4. The number of nitriles is 1. The second-order valence-corrected chi connectivity index (χ2v) is 6.34. The molecule has 0 aliphatic heterocycles. The molecule has 2 aromatic heterocycles. The molecule has 2 N–H and O–H groups in total. The van der Waals surface area contributed by atoms with Crippen LogP contribution >= 0.6 is 0 Å². The van der Waals surface area contributed by atoms with Crippen LogP contribution in [-0.4, -0.2) is 22.9 Å². The highest BCUT2D eigenvalue weighted by Crippen LogP contribution is 2.34. The van der Waals surface area contributed by atoms with E-state index in [0.717, 1.165) is 40.6 Å². The molecule has 0 unspecified atom stereocenters. The maximum atomic E-state index is 12.1. The summed E-state index contributed by atoms with van der Waals surface area (Å²) in [6.45, 7) is 0. The lowest BCUT2D eigenvalue weighted by atomic mass is 10.0. The normalized spacial score (nSPS) is 13.2. The molecule has 3 aromatic rings. The van der Waals surface area contributed by atoms with Crippen LogP contribution in [0.25, 0.3) is 21.9 Å². The Hall–Kier alpha value is -3.46. The maximum absolute atomic E-state index is 12.1. The molecule has 2 heterocycles. The van der Waals surface area contributed by atoms with Gasteiger partial charge in [-0.1, -0.05) is 12.1 Å². The van der Waals surface area contributed by atoms with Gasteiger partial charge in [-0.3, -0.25) is 4.79 Å². The molecule has 1 aromatic carbocycles. The highest BCUT2D eigenvalue weighted by molar-refractivity contribution is 6.03. The molecule has 1 aliphatic rings. The van der Waals surface area contributed by atoms with Gasteiger partial charge in [0.2, 0.25) is 5.91 Å². The van der Waals surface area contributed by atoms with E-state index in [-0.39, 0.29) is 11.8 Å². The minimum Gasteiger partial charge on any atom is -0.373 e. The molecule has 0 spiro atoms. The molecule has 1 saturated carbocycles. The van der Waals surface area contributed by atoms with Gasteiger partial charge in [0, 0.05) is 36.3 Å². The Morgan fingerprint density at radius 2 is 1.92 bits per heavy atom. The van der Waals surface area contributed by atoms with Crippen molar-refractivity contribution in [2.75, 3.05) is 17.7 Å². The minimum absolute atomic E-state index is 0.0275. The summed E-state index contributed by atoms with van der Waals surface area (Å²) >= 11 is 0. The third-order valence-electron chi connectivity index (χ3n) is 4.53. The van der Waals surface area contributed by atoms with Crippen LogP contribution in [0.5, 0.6) is 0 Å². The Bertz CT molecular complexity index is 1030. The Balaban J connectivity index is 1.82. The summed E-state index contributed by atoms with van der Waals surface area (Å²) in [4.78, 5) is 20.9. The SMILES string of the molecule is CNc1ncc(-c2ccc(C#N)cc2)c2cc(NC(=O)C3CC3)ncc12. The quantitative estimate of drug-likeness (QED) is 0.756. The van der Waals surface area contributed by atoms with Crippen molar-refractivity contribution in [3.05, 3.63) is 48.3 Å². The summed E-state index contributed by atoms with van der Waals surface area (Å²) in [6.07, 6.45) is 5.42. The van der Waals surface area contributed by atoms with Crippen LogP contribution in [0, 0.1) is 17.2 Å². The standard InChI is InChI=1S/C20H17N5O/c1-22-19-17-11-23-18(25-20(26)14-6-7-14)8-15(17)16(10-24-19)13-4-2-12(9-21)3-5-13/h2-5,8,10-11,14H,6-7H2,1H3,(H,22,24)(H,23,25,26). The lowest BCUT2D eigenvalue weighted by molar-refractivity contribution is -0.117. The summed E-state index contributed by atoms with van der Waals surface area (Å²) < 4.78 is 0. The summed E-state index contributed by atoms with van der Waals surface area (Å²) in [5.74, 6) is 1.41. The van der Waals surface area contributed by atoms with Gasteiger partial charge < -0.3 is 10.6 Å². The number of fused-ring (bicyclic) bond motifs is 1. The molecule has 1 aliphatic carbocycles. The fraction of sp³-hybridized carbons (Fsp3) is 0.200. The van der Waals surface area contributed by atoms with Gasteiger partial charge in [-0.15, -0.1) is 0 Å². The van der Waals surface area contributed by atoms with Crippen molar-refractivity contribution in [1.82, 2.24) is 9.97 Å². The average molecular weight is 343 g/mol. The van der Waals surface area contributed by atoms with Crippen LogP contribution in [0.15, 0.2) is 42.7 Å². The van der Waals surface area contributed by atoms with Crippen LogP contribution in [0.1, 0.15) is 18.4 Å². The molecule has 1 fully saturated rings. The first-order valence-corrected chi connectivity index (χ1v) is 8.47. The zero-order valence-corrected chi connectivity index (χ0v) is 14.3. The first-order chi connectivity index (χ1) is 12.7. The van der Waals surface area contributed by atoms with Crippen molar-refractivity contribution in [2.45, 2.75) is 12.8 Å². The van der Waals surface area contributed by atoms with Crippen molar-refractivity contribution in [2.24, 2.45) is 5.92 Å². The molecule has 0 bridgehead atoms. The average Bonchev–Trinajstić information content (AvgIpc) is 3.52. The number of carbonyl (C=O) groups excluding carboxylic acids is 1. The number of aromatic nitrogens is 2. The Morgan fingerprint density at radius 3 is 2.58 bits per heavy atom. The monoisotopic (exact) mass is 343 g/mol. The Morgan fingerprint density at radius 1 is 1.15 bits per heavy atom. The van der Waals surface area contributed by atoms with Crippen molar-refractivity contribution >= 4 is 28.3 Å². The van der Waals surface area contributed by atoms with Crippen LogP contribution in [0.4, 0.5) is 11.6 Å². The van der Waals surface area contributed by atoms with Crippen molar-refractivity contribution in [1.29, 1.82) is 5.26 Å². The van der Waals surface area contributed by atoms with Gasteiger partial charge in [-0.2, -0.15) is 5.26 Å². The topological polar surface area (TPSA) is 90.7 Å². The summed E-state index contributed by atoms with van der Waals surface area (Å²) in [7, 11) is 1.81. The first kappa shape index (κ1) is 16.0. The third kappa shape index (κ3) is 2.95. The van der Waals surface area contributed by atoms with E-state index in [9.17, 15) is 4.79 Å². The van der Waals surface area contributed by atoms with E-state index >= 15 is 0 Å². The Kier molecular flexibility index (Phi) is 3.98. The number of benzene rings is 1. The molecule has 0 radical (unpaired) electrons. The number of nitrogens with zero attached hydrogens (tertiary/aromatic N) is 3. The van der Waals surface area contributed by atoms with E-state index in [1.54, 1.807) is 24.5 Å². The highest BCUT2D eigenvalue weighted by Gasteiger charge is 2.29. The van der Waals surface area contributed by atoms with Gasteiger partial charge in [0.1, 0.15) is 11.6 Å². The van der Waals surface area contributed by atoms with Gasteiger partial charge in [0.05, 0.1) is 11.6 Å². The molecule has 4 rings (SSSR count). The van der Waals surface area contributed by atoms with E-state index in [0.29, 0.717) is 11.4 Å². The second kappa shape index (κ2) is 6.45. The lowest BCUT2D eigenvalue weighted by Gasteiger charge is -2.12. The zero-order valence-electron chi connectivity index (χ0n) is 14.3. The Labute approximate surface area is 150 Å². The van der Waals surface area contributed by atoms with Crippen LogP contribution < -0.4 is 10.6 Å². The molecule has 6 heteroatoms. The maximum Gasteiger partial charge on any atom is 0.228 e.